The topological polar surface area (TPSA) is 297 Å². The van der Waals surface area contributed by atoms with Crippen LogP contribution in [-0.4, -0.2) is 220 Å². The maximum absolute atomic E-state index is 5.79. The number of nitrogens with zero attached hydrogens (tertiary/aromatic N) is 24. The summed E-state index contributed by atoms with van der Waals surface area (Å²) in [6.45, 7) is 15.5. The lowest BCUT2D eigenvalue weighted by Crippen LogP contribution is -2.53. The first kappa shape index (κ1) is 84.6. The summed E-state index contributed by atoms with van der Waals surface area (Å²) in [5.74, 6) is 11.7. The molecular formula is C97H98N24O7. The number of benzene rings is 8. The Hall–Kier alpha value is -15.6. The average molecular weight is 1710 g/mol. The molecule has 4 fully saturated rings. The molecule has 31 heteroatoms. The minimum Gasteiger partial charge on any atom is -0.497 e. The van der Waals surface area contributed by atoms with Gasteiger partial charge in [0.1, 0.15) is 79.0 Å². The van der Waals surface area contributed by atoms with Gasteiger partial charge in [0.25, 0.3) is 0 Å². The summed E-state index contributed by atoms with van der Waals surface area (Å²) >= 11 is 0. The number of hydrogen-bond acceptors (Lipinski definition) is 31. The second kappa shape index (κ2) is 40.8. The van der Waals surface area contributed by atoms with E-state index < -0.39 is 0 Å². The Kier molecular flexibility index (Phi) is 27.0. The number of rotatable bonds is 22. The molecule has 0 N–H and O–H groups in total. The molecule has 648 valence electrons. The van der Waals surface area contributed by atoms with Crippen LogP contribution in [0.1, 0.15) is 29.2 Å². The number of aromatic nitrogens is 16. The lowest BCUT2D eigenvalue weighted by molar-refractivity contribution is 0.303. The van der Waals surface area contributed by atoms with Gasteiger partial charge in [-0.15, -0.1) is 0 Å². The quantitative estimate of drug-likeness (QED) is 0.0609. The van der Waals surface area contributed by atoms with Crippen molar-refractivity contribution in [3.63, 3.8) is 0 Å². The fraction of sp³-hybridized carbons (Fsp3) is 0.258. The summed E-state index contributed by atoms with van der Waals surface area (Å²) in [5, 5.41) is 3.98. The molecule has 4 aliphatic heterocycles. The highest BCUT2D eigenvalue weighted by Crippen LogP contribution is 2.37. The van der Waals surface area contributed by atoms with Gasteiger partial charge in [-0.1, -0.05) is 121 Å². The van der Waals surface area contributed by atoms with Gasteiger partial charge in [-0.2, -0.15) is 0 Å². The van der Waals surface area contributed by atoms with Crippen molar-refractivity contribution in [3.05, 3.63) is 285 Å². The molecule has 0 unspecified atom stereocenters. The van der Waals surface area contributed by atoms with E-state index in [1.165, 1.54) is 5.56 Å². The van der Waals surface area contributed by atoms with E-state index in [9.17, 15) is 0 Å². The Balaban J connectivity index is 0.000000120. The maximum Gasteiger partial charge on any atom is 0.225 e. The maximum atomic E-state index is 5.79. The summed E-state index contributed by atoms with van der Waals surface area (Å²) < 4.78 is 38.6. The Morgan fingerprint density at radius 3 is 1.07 bits per heavy atom. The monoisotopic (exact) mass is 1710 g/mol. The van der Waals surface area contributed by atoms with E-state index in [2.05, 4.69) is 162 Å². The zero-order valence-corrected chi connectivity index (χ0v) is 72.2. The third-order valence-corrected chi connectivity index (χ3v) is 22.8. The normalized spacial score (nSPS) is 14.5. The van der Waals surface area contributed by atoms with E-state index in [1.807, 2.05) is 176 Å². The van der Waals surface area contributed by atoms with Crippen molar-refractivity contribution in [1.82, 2.24) is 79.7 Å². The van der Waals surface area contributed by atoms with Crippen molar-refractivity contribution >= 4 is 90.7 Å². The van der Waals surface area contributed by atoms with E-state index in [1.54, 1.807) is 85.6 Å². The molecule has 20 rings (SSSR count). The molecule has 128 heavy (non-hydrogen) atoms. The van der Waals surface area contributed by atoms with Crippen molar-refractivity contribution in [1.29, 1.82) is 0 Å². The molecule has 12 heterocycles. The first-order valence-electron chi connectivity index (χ1n) is 42.5. The Morgan fingerprint density at radius 2 is 0.625 bits per heavy atom. The van der Waals surface area contributed by atoms with Crippen LogP contribution in [0.5, 0.6) is 40.2 Å². The largest absolute Gasteiger partial charge is 0.497 e. The van der Waals surface area contributed by atoms with Crippen LogP contribution in [0.25, 0.3) is 54.7 Å². The van der Waals surface area contributed by atoms with E-state index in [4.69, 9.17) is 33.2 Å². The molecule has 8 aromatic carbocycles. The molecule has 0 saturated carbocycles. The number of methoxy groups -OCH3 is 5. The highest BCUT2D eigenvalue weighted by atomic mass is 16.5. The summed E-state index contributed by atoms with van der Waals surface area (Å²) in [4.78, 5) is 90.5. The number of piperazine rings is 4. The van der Waals surface area contributed by atoms with Crippen LogP contribution >= 0.6 is 0 Å². The lowest BCUT2D eigenvalue weighted by atomic mass is 10.1. The van der Waals surface area contributed by atoms with Gasteiger partial charge < -0.3 is 72.4 Å². The van der Waals surface area contributed by atoms with Gasteiger partial charge in [-0.3, -0.25) is 0 Å². The Bertz CT molecular complexity index is 6300. The first-order valence-corrected chi connectivity index (χ1v) is 42.5. The van der Waals surface area contributed by atoms with Crippen molar-refractivity contribution in [2.75, 3.05) is 173 Å². The minimum absolute atomic E-state index is 0.249. The molecule has 0 amide bonds. The van der Waals surface area contributed by atoms with Crippen LogP contribution in [0.15, 0.2) is 263 Å². The zero-order chi connectivity index (χ0) is 87.3. The summed E-state index contributed by atoms with van der Waals surface area (Å²) in [7, 11) is 8.26. The predicted octanol–water partition coefficient (Wildman–Crippen LogP) is 13.8. The van der Waals surface area contributed by atoms with E-state index in [0.29, 0.717) is 48.1 Å². The average Bonchev–Trinajstić information content (AvgIpc) is 0.796. The predicted molar refractivity (Wildman–Crippen MR) is 498 cm³/mol. The smallest absolute Gasteiger partial charge is 0.225 e. The van der Waals surface area contributed by atoms with Gasteiger partial charge in [0.2, 0.25) is 23.8 Å². The summed E-state index contributed by atoms with van der Waals surface area (Å²) in [6, 6.07) is 62.5. The second-order valence-corrected chi connectivity index (χ2v) is 30.8. The molecule has 8 aromatic heterocycles. The van der Waals surface area contributed by atoms with Crippen molar-refractivity contribution in [3.8, 4) is 51.4 Å². The SMILES string of the molecule is COc1cc2ncnc(N3CCN(c4ncc(-c5ccccc5)cn4)CC3)c2cc1OC.COc1ccc2c(N3CCN(c4ncc(OCc5ccccc5)cn4)CC3)ncnc2c1.COc1ccc2ncnc(N3CCN(c4ncc(Cc5ccccc5)cn4)[C@H](C)C3)c2c1.COc1ccc2ncnc(N3CCN(c4ncc(OCc5ccccc5)cn4)CC3)c2c1. The fourth-order valence-electron chi connectivity index (χ4n) is 15.9. The number of fused-ring (bicyclic) bond motifs is 4. The Morgan fingerprint density at radius 1 is 0.266 bits per heavy atom. The molecule has 0 aliphatic carbocycles. The summed E-state index contributed by atoms with van der Waals surface area (Å²) in [6.07, 6.45) is 21.9. The van der Waals surface area contributed by atoms with Crippen LogP contribution < -0.4 is 72.4 Å². The van der Waals surface area contributed by atoms with Crippen LogP contribution in [0.3, 0.4) is 0 Å². The molecule has 1 atom stereocenters. The van der Waals surface area contributed by atoms with Crippen molar-refractivity contribution in [2.24, 2.45) is 0 Å². The molecular weight excluding hydrogens is 1610 g/mol. The molecule has 4 saturated heterocycles. The molecule has 31 nitrogen and oxygen atoms in total. The van der Waals surface area contributed by atoms with Crippen molar-refractivity contribution < 1.29 is 33.2 Å². The molecule has 16 aromatic rings. The van der Waals surface area contributed by atoms with Gasteiger partial charge >= 0.3 is 0 Å². The van der Waals surface area contributed by atoms with E-state index >= 15 is 0 Å². The van der Waals surface area contributed by atoms with E-state index in [-0.39, 0.29) is 6.04 Å². The minimum atomic E-state index is 0.249. The van der Waals surface area contributed by atoms with Gasteiger partial charge in [-0.25, -0.2) is 79.7 Å². The fourth-order valence-corrected chi connectivity index (χ4v) is 15.9. The second-order valence-electron chi connectivity index (χ2n) is 30.8. The molecule has 0 bridgehead atoms. The third kappa shape index (κ3) is 20.4. The zero-order valence-electron chi connectivity index (χ0n) is 72.2. The summed E-state index contributed by atoms with van der Waals surface area (Å²) in [5.41, 5.74) is 10.3. The van der Waals surface area contributed by atoms with Crippen LogP contribution in [0.2, 0.25) is 0 Å². The number of hydrogen-bond donors (Lipinski definition) is 0. The van der Waals surface area contributed by atoms with E-state index in [0.717, 1.165) is 228 Å². The van der Waals surface area contributed by atoms with Gasteiger partial charge in [-0.05, 0) is 89.3 Å². The standard InChI is InChI=1S/C25H26N6O.3C24H24N6O2/c1-18-16-30(24-22-13-21(32-2)8-9-23(22)28-17-29-24)10-11-31(18)25-26-14-20(15-27-25)12-19-6-4-3-5-7-19;1-31-21-12-19-20(13-22(21)32-2)27-16-28-23(19)29-8-10-30(11-9-29)24-25-14-18(15-26-24)17-6-4-3-5-7-17;1-31-19-7-8-22-21(13-19)23(28-17-27-22)29-9-11-30(12-10-29)24-25-14-20(15-26-24)32-16-18-5-3-2-4-6-18;1-31-19-7-8-21-22(13-19)27-17-28-23(21)29-9-11-30(12-10-29)24-25-14-20(15-26-24)32-16-18-5-3-2-4-6-18/h3-9,13-15,17-18H,10-12,16H2,1-2H3;3-7,12-16H,8-11H2,1-2H3;2*2-8,13-15,17H,9-12,16H2,1H3/t18-;;;/m1.../s1. The van der Waals surface area contributed by atoms with Crippen LogP contribution in [0.4, 0.5) is 47.1 Å². The van der Waals surface area contributed by atoms with Crippen molar-refractivity contribution in [2.45, 2.75) is 32.6 Å². The number of ether oxygens (including phenoxy) is 7. The third-order valence-electron chi connectivity index (χ3n) is 22.8. The van der Waals surface area contributed by atoms with Gasteiger partial charge in [0.15, 0.2) is 23.0 Å². The Labute approximate surface area is 741 Å². The van der Waals surface area contributed by atoms with Crippen LogP contribution in [-0.2, 0) is 19.6 Å². The molecule has 0 radical (unpaired) electrons. The lowest BCUT2D eigenvalue weighted by Gasteiger charge is -2.40. The van der Waals surface area contributed by atoms with Gasteiger partial charge in [0.05, 0.1) is 82.4 Å². The van der Waals surface area contributed by atoms with Crippen LogP contribution in [0, 0.1) is 0 Å². The van der Waals surface area contributed by atoms with Gasteiger partial charge in [0, 0.05) is 175 Å². The molecule has 0 spiro atoms. The highest BCUT2D eigenvalue weighted by molar-refractivity contribution is 5.94. The first-order chi connectivity index (χ1) is 63.1. The molecule has 4 aliphatic rings. The highest BCUT2D eigenvalue weighted by Gasteiger charge is 2.30. The number of anilines is 8.